The summed E-state index contributed by atoms with van der Waals surface area (Å²) < 4.78 is 15.8. The number of hydrogen-bond acceptors (Lipinski definition) is 4. The largest absolute Gasteiger partial charge is 0.490 e. The average Bonchev–Trinajstić information content (AvgIpc) is 2.55. The molecular formula is C17H17ClO4. The van der Waals surface area contributed by atoms with Crippen LogP contribution in [0.4, 0.5) is 0 Å². The molecule has 0 unspecified atom stereocenters. The fraction of sp³-hybridized carbons (Fsp3) is 0.235. The fourth-order valence-electron chi connectivity index (χ4n) is 1.80. The van der Waals surface area contributed by atoms with Gasteiger partial charge in [0.1, 0.15) is 24.5 Å². The number of rotatable bonds is 7. The van der Waals surface area contributed by atoms with Crippen molar-refractivity contribution in [3.05, 3.63) is 64.7 Å². The summed E-state index contributed by atoms with van der Waals surface area (Å²) in [6.07, 6.45) is 0. The van der Waals surface area contributed by atoms with E-state index in [1.807, 2.05) is 12.1 Å². The predicted molar refractivity (Wildman–Crippen MR) is 84.4 cm³/mol. The zero-order chi connectivity index (χ0) is 15.8. The molecule has 0 atom stereocenters. The van der Waals surface area contributed by atoms with Crippen molar-refractivity contribution >= 4 is 17.6 Å². The lowest BCUT2D eigenvalue weighted by Gasteiger charge is -2.11. The van der Waals surface area contributed by atoms with E-state index in [0.717, 1.165) is 5.56 Å². The van der Waals surface area contributed by atoms with Gasteiger partial charge in [0.2, 0.25) is 0 Å². The van der Waals surface area contributed by atoms with Crippen LogP contribution in [0.5, 0.6) is 5.75 Å². The predicted octanol–water partition coefficient (Wildman–Crippen LogP) is 3.72. The molecule has 0 amide bonds. The second kappa shape index (κ2) is 8.41. The molecule has 0 aromatic heterocycles. The van der Waals surface area contributed by atoms with E-state index >= 15 is 0 Å². The van der Waals surface area contributed by atoms with Gasteiger partial charge in [0, 0.05) is 12.1 Å². The number of carbonyl (C=O) groups is 1. The van der Waals surface area contributed by atoms with Crippen molar-refractivity contribution in [2.45, 2.75) is 6.61 Å². The average molecular weight is 321 g/mol. The van der Waals surface area contributed by atoms with Gasteiger partial charge in [0.25, 0.3) is 0 Å². The lowest BCUT2D eigenvalue weighted by Crippen LogP contribution is -2.10. The van der Waals surface area contributed by atoms with Gasteiger partial charge in [-0.15, -0.1) is 0 Å². The van der Waals surface area contributed by atoms with Crippen LogP contribution in [0.2, 0.25) is 5.02 Å². The normalized spacial score (nSPS) is 10.3. The maximum absolute atomic E-state index is 12.2. The van der Waals surface area contributed by atoms with Crippen LogP contribution >= 0.6 is 11.6 Å². The van der Waals surface area contributed by atoms with E-state index in [2.05, 4.69) is 0 Å². The summed E-state index contributed by atoms with van der Waals surface area (Å²) >= 11 is 5.82. The van der Waals surface area contributed by atoms with Gasteiger partial charge in [-0.2, -0.15) is 0 Å². The van der Waals surface area contributed by atoms with E-state index in [0.29, 0.717) is 29.5 Å². The van der Waals surface area contributed by atoms with Gasteiger partial charge >= 0.3 is 5.97 Å². The van der Waals surface area contributed by atoms with Crippen LogP contribution in [0.15, 0.2) is 48.5 Å². The summed E-state index contributed by atoms with van der Waals surface area (Å²) in [6.45, 7) is 1.01. The third kappa shape index (κ3) is 4.76. The van der Waals surface area contributed by atoms with Gasteiger partial charge in [0.05, 0.1) is 6.61 Å². The Kier molecular flexibility index (Phi) is 6.25. The first-order valence-electron chi connectivity index (χ1n) is 6.83. The Morgan fingerprint density at radius 2 is 1.77 bits per heavy atom. The molecule has 0 aliphatic heterocycles. The Labute approximate surface area is 134 Å². The highest BCUT2D eigenvalue weighted by molar-refractivity contribution is 6.30. The molecule has 0 fully saturated rings. The Hall–Kier alpha value is -2.04. The third-order valence-corrected chi connectivity index (χ3v) is 3.19. The van der Waals surface area contributed by atoms with Crippen molar-refractivity contribution in [3.63, 3.8) is 0 Å². The molecule has 2 aromatic carbocycles. The number of carbonyl (C=O) groups excluding carboxylic acids is 1. The van der Waals surface area contributed by atoms with Crippen molar-refractivity contribution in [2.24, 2.45) is 0 Å². The maximum atomic E-state index is 12.2. The lowest BCUT2D eigenvalue weighted by atomic mass is 10.2. The van der Waals surface area contributed by atoms with Crippen molar-refractivity contribution in [2.75, 3.05) is 20.3 Å². The molecular weight excluding hydrogens is 304 g/mol. The molecule has 0 bridgehead atoms. The second-order valence-corrected chi connectivity index (χ2v) is 4.98. The van der Waals surface area contributed by atoms with Crippen LogP contribution in [-0.2, 0) is 16.1 Å². The van der Waals surface area contributed by atoms with Gasteiger partial charge in [0.15, 0.2) is 0 Å². The Morgan fingerprint density at radius 3 is 2.50 bits per heavy atom. The monoisotopic (exact) mass is 320 g/mol. The van der Waals surface area contributed by atoms with Gasteiger partial charge in [-0.1, -0.05) is 35.9 Å². The number of hydrogen-bond donors (Lipinski definition) is 0. The van der Waals surface area contributed by atoms with E-state index in [1.165, 1.54) is 0 Å². The first-order valence-corrected chi connectivity index (χ1v) is 7.21. The molecule has 22 heavy (non-hydrogen) atoms. The highest BCUT2D eigenvalue weighted by atomic mass is 35.5. The Balaban J connectivity index is 1.98. The van der Waals surface area contributed by atoms with Crippen LogP contribution < -0.4 is 4.74 Å². The van der Waals surface area contributed by atoms with Crippen LogP contribution in [0.3, 0.4) is 0 Å². The zero-order valence-corrected chi connectivity index (χ0v) is 13.0. The smallest absolute Gasteiger partial charge is 0.342 e. The maximum Gasteiger partial charge on any atom is 0.342 e. The van der Waals surface area contributed by atoms with Gasteiger partial charge in [-0.05, 0) is 29.8 Å². The van der Waals surface area contributed by atoms with Gasteiger partial charge < -0.3 is 14.2 Å². The van der Waals surface area contributed by atoms with Crippen molar-refractivity contribution in [3.8, 4) is 5.75 Å². The first kappa shape index (κ1) is 16.3. The number of halogens is 1. The summed E-state index contributed by atoms with van der Waals surface area (Å²) in [6, 6.07) is 14.1. The van der Waals surface area contributed by atoms with Crippen LogP contribution in [0, 0.1) is 0 Å². The summed E-state index contributed by atoms with van der Waals surface area (Å²) in [7, 11) is 1.59. The number of methoxy groups -OCH3 is 1. The lowest BCUT2D eigenvalue weighted by molar-refractivity contribution is 0.0466. The van der Waals surface area contributed by atoms with Crippen molar-refractivity contribution < 1.29 is 19.0 Å². The molecule has 0 spiro atoms. The van der Waals surface area contributed by atoms with Crippen LogP contribution in [0.1, 0.15) is 15.9 Å². The number of ether oxygens (including phenoxy) is 3. The quantitative estimate of drug-likeness (QED) is 0.576. The second-order valence-electron chi connectivity index (χ2n) is 4.54. The molecule has 0 aliphatic rings. The molecule has 5 heteroatoms. The molecule has 0 saturated heterocycles. The molecule has 0 radical (unpaired) electrons. The van der Waals surface area contributed by atoms with E-state index in [1.54, 1.807) is 43.5 Å². The number of para-hydroxylation sites is 1. The SMILES string of the molecule is COCCOc1ccccc1C(=O)OCc1ccc(Cl)cc1. The first-order chi connectivity index (χ1) is 10.7. The van der Waals surface area contributed by atoms with Crippen molar-refractivity contribution in [1.29, 1.82) is 0 Å². The van der Waals surface area contributed by atoms with E-state index in [-0.39, 0.29) is 6.61 Å². The Bertz CT molecular complexity index is 610. The standard InChI is InChI=1S/C17H17ClO4/c1-20-10-11-21-16-5-3-2-4-15(16)17(19)22-12-13-6-8-14(18)9-7-13/h2-9H,10-12H2,1H3. The molecule has 116 valence electrons. The fourth-order valence-corrected chi connectivity index (χ4v) is 1.93. The summed E-state index contributed by atoms with van der Waals surface area (Å²) in [4.78, 5) is 12.2. The topological polar surface area (TPSA) is 44.8 Å². The summed E-state index contributed by atoms with van der Waals surface area (Å²) in [5.74, 6) is 0.0589. The van der Waals surface area contributed by atoms with Gasteiger partial charge in [-0.25, -0.2) is 4.79 Å². The minimum absolute atomic E-state index is 0.183. The summed E-state index contributed by atoms with van der Waals surface area (Å²) in [5, 5.41) is 0.645. The van der Waals surface area contributed by atoms with Crippen molar-refractivity contribution in [1.82, 2.24) is 0 Å². The molecule has 2 rings (SSSR count). The minimum Gasteiger partial charge on any atom is -0.490 e. The van der Waals surface area contributed by atoms with Gasteiger partial charge in [-0.3, -0.25) is 0 Å². The highest BCUT2D eigenvalue weighted by Gasteiger charge is 2.13. The zero-order valence-electron chi connectivity index (χ0n) is 12.3. The molecule has 0 aliphatic carbocycles. The molecule has 2 aromatic rings. The molecule has 4 nitrogen and oxygen atoms in total. The van der Waals surface area contributed by atoms with E-state index in [4.69, 9.17) is 25.8 Å². The van der Waals surface area contributed by atoms with Crippen LogP contribution in [0.25, 0.3) is 0 Å². The number of benzene rings is 2. The molecule has 0 saturated carbocycles. The highest BCUT2D eigenvalue weighted by Crippen LogP contribution is 2.20. The van der Waals surface area contributed by atoms with E-state index in [9.17, 15) is 4.79 Å². The Morgan fingerprint density at radius 1 is 1.05 bits per heavy atom. The number of esters is 1. The molecule has 0 N–H and O–H groups in total. The third-order valence-electron chi connectivity index (χ3n) is 2.94. The molecule has 0 heterocycles. The summed E-state index contributed by atoms with van der Waals surface area (Å²) in [5.41, 5.74) is 1.27. The van der Waals surface area contributed by atoms with Crippen LogP contribution in [-0.4, -0.2) is 26.3 Å². The van der Waals surface area contributed by atoms with E-state index < -0.39 is 5.97 Å². The minimum atomic E-state index is -0.428.